The third-order valence-corrected chi connectivity index (χ3v) is 2.12. The first-order valence-corrected chi connectivity index (χ1v) is 5.64. The molecule has 0 radical (unpaired) electrons. The van der Waals surface area contributed by atoms with Crippen molar-refractivity contribution in [1.29, 1.82) is 0 Å². The second kappa shape index (κ2) is 9.22. The van der Waals surface area contributed by atoms with Gasteiger partial charge >= 0.3 is 0 Å². The van der Waals surface area contributed by atoms with Crippen LogP contribution in [-0.4, -0.2) is 19.0 Å². The molecule has 0 aliphatic heterocycles. The predicted octanol–water partition coefficient (Wildman–Crippen LogP) is 3.52. The van der Waals surface area contributed by atoms with Crippen molar-refractivity contribution in [2.75, 3.05) is 6.61 Å². The highest BCUT2D eigenvalue weighted by Crippen LogP contribution is 2.10. The van der Waals surface area contributed by atoms with Gasteiger partial charge in [-0.1, -0.05) is 32.3 Å². The van der Waals surface area contributed by atoms with Gasteiger partial charge in [0.2, 0.25) is 0 Å². The third-order valence-electron chi connectivity index (χ3n) is 2.12. The molecule has 0 N–H and O–H groups in total. The van der Waals surface area contributed by atoms with Crippen molar-refractivity contribution < 1.29 is 9.47 Å². The number of rotatable bonds is 9. The van der Waals surface area contributed by atoms with E-state index in [1.54, 1.807) is 0 Å². The number of ether oxygens (including phenoxy) is 2. The molecule has 0 aromatic heterocycles. The Morgan fingerprint density at radius 1 is 1.29 bits per heavy atom. The lowest BCUT2D eigenvalue weighted by Gasteiger charge is -2.19. The number of hydrogen-bond donors (Lipinski definition) is 0. The minimum Gasteiger partial charge on any atom is -0.353 e. The van der Waals surface area contributed by atoms with Crippen molar-refractivity contribution >= 4 is 0 Å². The lowest BCUT2D eigenvalue weighted by atomic mass is 10.1. The van der Waals surface area contributed by atoms with Gasteiger partial charge in [-0.2, -0.15) is 0 Å². The van der Waals surface area contributed by atoms with Crippen LogP contribution in [0.25, 0.3) is 0 Å². The van der Waals surface area contributed by atoms with Gasteiger partial charge in [0, 0.05) is 6.61 Å². The Labute approximate surface area is 88.3 Å². The molecule has 0 rings (SSSR count). The maximum Gasteiger partial charge on any atom is 0.155 e. The standard InChI is InChI=1S/C12H24O2/c1-5-8-9-10-12(6-2)14-11(4)13-7-3/h6,11-12H,2,5,7-10H2,1,3-4H3. The lowest BCUT2D eigenvalue weighted by molar-refractivity contribution is -0.147. The van der Waals surface area contributed by atoms with E-state index in [0.717, 1.165) is 6.42 Å². The molecular weight excluding hydrogens is 176 g/mol. The largest absolute Gasteiger partial charge is 0.353 e. The zero-order chi connectivity index (χ0) is 10.8. The van der Waals surface area contributed by atoms with Crippen LogP contribution in [0.4, 0.5) is 0 Å². The highest BCUT2D eigenvalue weighted by atomic mass is 16.7. The molecule has 0 fully saturated rings. The van der Waals surface area contributed by atoms with E-state index >= 15 is 0 Å². The van der Waals surface area contributed by atoms with E-state index in [0.29, 0.717) is 6.61 Å². The average molecular weight is 200 g/mol. The van der Waals surface area contributed by atoms with Crippen molar-refractivity contribution in [1.82, 2.24) is 0 Å². The molecule has 0 aromatic carbocycles. The SMILES string of the molecule is C=CC(CCCCC)OC(C)OCC. The van der Waals surface area contributed by atoms with E-state index in [4.69, 9.17) is 9.47 Å². The molecule has 0 spiro atoms. The van der Waals surface area contributed by atoms with E-state index in [-0.39, 0.29) is 12.4 Å². The zero-order valence-corrected chi connectivity index (χ0v) is 9.79. The summed E-state index contributed by atoms with van der Waals surface area (Å²) >= 11 is 0. The van der Waals surface area contributed by atoms with Crippen LogP contribution in [0.15, 0.2) is 12.7 Å². The number of hydrogen-bond acceptors (Lipinski definition) is 2. The summed E-state index contributed by atoms with van der Waals surface area (Å²) < 4.78 is 11.0. The smallest absolute Gasteiger partial charge is 0.155 e. The lowest BCUT2D eigenvalue weighted by Crippen LogP contribution is -2.20. The summed E-state index contributed by atoms with van der Waals surface area (Å²) in [6, 6.07) is 0. The summed E-state index contributed by atoms with van der Waals surface area (Å²) in [5.41, 5.74) is 0. The molecular formula is C12H24O2. The molecule has 0 amide bonds. The molecule has 0 saturated heterocycles. The first kappa shape index (κ1) is 13.7. The van der Waals surface area contributed by atoms with Gasteiger partial charge in [-0.05, 0) is 20.3 Å². The van der Waals surface area contributed by atoms with Gasteiger partial charge < -0.3 is 9.47 Å². The molecule has 0 heterocycles. The molecule has 84 valence electrons. The Kier molecular flexibility index (Phi) is 9.00. The quantitative estimate of drug-likeness (QED) is 0.322. The average Bonchev–Trinajstić information content (AvgIpc) is 2.17. The Hall–Kier alpha value is -0.340. The summed E-state index contributed by atoms with van der Waals surface area (Å²) in [5.74, 6) is 0. The van der Waals surface area contributed by atoms with Crippen LogP contribution in [0.5, 0.6) is 0 Å². The van der Waals surface area contributed by atoms with Crippen molar-refractivity contribution in [3.05, 3.63) is 12.7 Å². The molecule has 0 aliphatic carbocycles. The van der Waals surface area contributed by atoms with Gasteiger partial charge in [0.15, 0.2) is 6.29 Å². The molecule has 2 heteroatoms. The zero-order valence-electron chi connectivity index (χ0n) is 9.79. The predicted molar refractivity (Wildman–Crippen MR) is 60.3 cm³/mol. The van der Waals surface area contributed by atoms with Crippen molar-refractivity contribution in [2.24, 2.45) is 0 Å². The van der Waals surface area contributed by atoms with Gasteiger partial charge in [-0.25, -0.2) is 0 Å². The summed E-state index contributed by atoms with van der Waals surface area (Å²) in [7, 11) is 0. The van der Waals surface area contributed by atoms with Crippen molar-refractivity contribution in [3.8, 4) is 0 Å². The Bertz CT molecular complexity index is 134. The van der Waals surface area contributed by atoms with Gasteiger partial charge in [0.05, 0.1) is 6.10 Å². The Morgan fingerprint density at radius 3 is 2.50 bits per heavy atom. The van der Waals surface area contributed by atoms with Crippen LogP contribution < -0.4 is 0 Å². The fourth-order valence-electron chi connectivity index (χ4n) is 1.36. The van der Waals surface area contributed by atoms with Crippen molar-refractivity contribution in [2.45, 2.75) is 58.8 Å². The van der Waals surface area contributed by atoms with E-state index < -0.39 is 0 Å². The maximum atomic E-state index is 5.65. The van der Waals surface area contributed by atoms with E-state index in [9.17, 15) is 0 Å². The fourth-order valence-corrected chi connectivity index (χ4v) is 1.36. The molecule has 2 atom stereocenters. The summed E-state index contributed by atoms with van der Waals surface area (Å²) in [6.07, 6.45) is 6.64. The van der Waals surface area contributed by atoms with Crippen LogP contribution in [0.1, 0.15) is 46.5 Å². The monoisotopic (exact) mass is 200 g/mol. The minimum absolute atomic E-state index is 0.121. The second-order valence-corrected chi connectivity index (χ2v) is 3.43. The first-order chi connectivity index (χ1) is 6.74. The van der Waals surface area contributed by atoms with E-state index in [1.807, 2.05) is 19.9 Å². The van der Waals surface area contributed by atoms with Crippen LogP contribution in [0, 0.1) is 0 Å². The van der Waals surface area contributed by atoms with Gasteiger partial charge in [-0.3, -0.25) is 0 Å². The first-order valence-electron chi connectivity index (χ1n) is 5.64. The van der Waals surface area contributed by atoms with Crippen LogP contribution in [-0.2, 0) is 9.47 Å². The number of unbranched alkanes of at least 4 members (excludes halogenated alkanes) is 2. The van der Waals surface area contributed by atoms with Gasteiger partial charge in [0.1, 0.15) is 0 Å². The van der Waals surface area contributed by atoms with Crippen molar-refractivity contribution in [3.63, 3.8) is 0 Å². The second-order valence-electron chi connectivity index (χ2n) is 3.43. The van der Waals surface area contributed by atoms with Gasteiger partial charge in [-0.15, -0.1) is 6.58 Å². The molecule has 0 saturated carbocycles. The van der Waals surface area contributed by atoms with E-state index in [1.165, 1.54) is 19.3 Å². The summed E-state index contributed by atoms with van der Waals surface area (Å²) in [4.78, 5) is 0. The summed E-state index contributed by atoms with van der Waals surface area (Å²) in [5, 5.41) is 0. The highest BCUT2D eigenvalue weighted by Gasteiger charge is 2.08. The molecule has 14 heavy (non-hydrogen) atoms. The fraction of sp³-hybridized carbons (Fsp3) is 0.833. The Balaban J connectivity index is 3.61. The summed E-state index contributed by atoms with van der Waals surface area (Å²) in [6.45, 7) is 10.6. The van der Waals surface area contributed by atoms with E-state index in [2.05, 4.69) is 13.5 Å². The molecule has 2 nitrogen and oxygen atoms in total. The third kappa shape index (κ3) is 7.10. The van der Waals surface area contributed by atoms with Crippen LogP contribution >= 0.6 is 0 Å². The molecule has 2 unspecified atom stereocenters. The normalized spacial score (nSPS) is 15.1. The topological polar surface area (TPSA) is 18.5 Å². The van der Waals surface area contributed by atoms with Crippen LogP contribution in [0.3, 0.4) is 0 Å². The minimum atomic E-state index is -0.121. The van der Waals surface area contributed by atoms with Gasteiger partial charge in [0.25, 0.3) is 0 Å². The molecule has 0 aliphatic rings. The van der Waals surface area contributed by atoms with Crippen LogP contribution in [0.2, 0.25) is 0 Å². The Morgan fingerprint density at radius 2 is 2.00 bits per heavy atom. The molecule has 0 aromatic rings. The maximum absolute atomic E-state index is 5.65. The highest BCUT2D eigenvalue weighted by molar-refractivity contribution is 4.79. The molecule has 0 bridgehead atoms.